The van der Waals surface area contributed by atoms with Gasteiger partial charge in [0.1, 0.15) is 11.3 Å². The smallest absolute Gasteiger partial charge is 0.244 e. The summed E-state index contributed by atoms with van der Waals surface area (Å²) in [5.41, 5.74) is 5.49. The average molecular weight is 456 g/mol. The Morgan fingerprint density at radius 2 is 2.10 bits per heavy atom. The Kier molecular flexibility index (Phi) is 6.48. The number of amides is 1. The number of hydrogen-bond donors (Lipinski definition) is 1. The third-order valence-electron chi connectivity index (χ3n) is 5.16. The van der Waals surface area contributed by atoms with Gasteiger partial charge in [-0.05, 0) is 56.5 Å². The summed E-state index contributed by atoms with van der Waals surface area (Å²) in [5, 5.41) is 3.97. The summed E-state index contributed by atoms with van der Waals surface area (Å²) in [7, 11) is 1.64. The Morgan fingerprint density at radius 3 is 2.76 bits per heavy atom. The Balaban J connectivity index is 2.14. The molecule has 4 nitrogen and oxygen atoms in total. The molecule has 0 saturated heterocycles. The van der Waals surface area contributed by atoms with E-state index in [2.05, 4.69) is 33.4 Å². The van der Waals surface area contributed by atoms with Gasteiger partial charge in [-0.2, -0.15) is 0 Å². The van der Waals surface area contributed by atoms with E-state index in [9.17, 15) is 4.79 Å². The predicted molar refractivity (Wildman–Crippen MR) is 122 cm³/mol. The average Bonchev–Trinajstić information content (AvgIpc) is 3.12. The van der Waals surface area contributed by atoms with Gasteiger partial charge >= 0.3 is 0 Å². The quantitative estimate of drug-likeness (QED) is 0.431. The van der Waals surface area contributed by atoms with Crippen molar-refractivity contribution in [1.29, 1.82) is 0 Å². The number of rotatable bonds is 6. The normalized spacial score (nSPS) is 12.8. The molecule has 2 aromatic carbocycles. The van der Waals surface area contributed by atoms with Crippen LogP contribution in [-0.2, 0) is 4.79 Å². The third kappa shape index (κ3) is 4.40. The first-order valence-electron chi connectivity index (χ1n) is 9.69. The molecule has 152 valence electrons. The number of benzene rings is 2. The number of nitrogens with one attached hydrogen (secondary N) is 1. The minimum absolute atomic E-state index is 0.101. The zero-order valence-electron chi connectivity index (χ0n) is 17.4. The molecule has 0 bridgehead atoms. The Morgan fingerprint density at radius 1 is 1.34 bits per heavy atom. The SMILES string of the molecule is CCC(C)NC(=O)/C=C(\C)c1cc2c(-c3cccc(Br)c3)coc2c(C)c1OC. The molecule has 1 heterocycles. The van der Waals surface area contributed by atoms with Gasteiger partial charge < -0.3 is 14.5 Å². The fraction of sp³-hybridized carbons (Fsp3) is 0.292. The minimum Gasteiger partial charge on any atom is -0.496 e. The van der Waals surface area contributed by atoms with Gasteiger partial charge in [-0.25, -0.2) is 0 Å². The van der Waals surface area contributed by atoms with E-state index >= 15 is 0 Å². The second-order valence-corrected chi connectivity index (χ2v) is 8.18. The zero-order valence-corrected chi connectivity index (χ0v) is 19.0. The lowest BCUT2D eigenvalue weighted by Gasteiger charge is -2.14. The van der Waals surface area contributed by atoms with Crippen LogP contribution in [0.15, 0.2) is 51.6 Å². The molecule has 1 amide bonds. The summed E-state index contributed by atoms with van der Waals surface area (Å²) in [6.45, 7) is 7.95. The second kappa shape index (κ2) is 8.87. The molecule has 0 radical (unpaired) electrons. The van der Waals surface area contributed by atoms with Gasteiger partial charge in [0, 0.05) is 38.7 Å². The minimum atomic E-state index is -0.101. The molecule has 3 rings (SSSR count). The van der Waals surface area contributed by atoms with Crippen molar-refractivity contribution in [3.05, 3.63) is 58.3 Å². The van der Waals surface area contributed by atoms with E-state index in [-0.39, 0.29) is 11.9 Å². The van der Waals surface area contributed by atoms with E-state index in [0.717, 1.165) is 55.4 Å². The lowest BCUT2D eigenvalue weighted by atomic mass is 9.96. The summed E-state index contributed by atoms with van der Waals surface area (Å²) in [4.78, 5) is 12.4. The van der Waals surface area contributed by atoms with Crippen molar-refractivity contribution in [3.63, 3.8) is 0 Å². The Bertz CT molecular complexity index is 1080. The highest BCUT2D eigenvalue weighted by Crippen LogP contribution is 2.40. The van der Waals surface area contributed by atoms with Crippen molar-refractivity contribution in [3.8, 4) is 16.9 Å². The first-order valence-corrected chi connectivity index (χ1v) is 10.5. The van der Waals surface area contributed by atoms with Crippen LogP contribution in [0.2, 0.25) is 0 Å². The number of ether oxygens (including phenoxy) is 1. The molecular formula is C24H26BrNO3. The van der Waals surface area contributed by atoms with Crippen molar-refractivity contribution in [2.45, 2.75) is 40.2 Å². The topological polar surface area (TPSA) is 51.5 Å². The van der Waals surface area contributed by atoms with Crippen LogP contribution in [0.1, 0.15) is 38.3 Å². The van der Waals surface area contributed by atoms with Gasteiger partial charge in [-0.15, -0.1) is 0 Å². The largest absolute Gasteiger partial charge is 0.496 e. The number of carbonyl (C=O) groups excluding carboxylic acids is 1. The predicted octanol–water partition coefficient (Wildman–Crippen LogP) is 6.50. The molecule has 0 aliphatic rings. The number of methoxy groups -OCH3 is 1. The van der Waals surface area contributed by atoms with Crippen LogP contribution >= 0.6 is 15.9 Å². The van der Waals surface area contributed by atoms with Crippen molar-refractivity contribution in [2.24, 2.45) is 0 Å². The van der Waals surface area contributed by atoms with Crippen LogP contribution in [0.4, 0.5) is 0 Å². The second-order valence-electron chi connectivity index (χ2n) is 7.26. The van der Waals surface area contributed by atoms with Gasteiger partial charge in [-0.1, -0.05) is 35.0 Å². The molecule has 1 N–H and O–H groups in total. The molecule has 5 heteroatoms. The summed E-state index contributed by atoms with van der Waals surface area (Å²) in [6.07, 6.45) is 4.30. The van der Waals surface area contributed by atoms with E-state index < -0.39 is 0 Å². The van der Waals surface area contributed by atoms with Crippen molar-refractivity contribution < 1.29 is 13.9 Å². The van der Waals surface area contributed by atoms with Crippen LogP contribution in [0.3, 0.4) is 0 Å². The molecule has 0 spiro atoms. The van der Waals surface area contributed by atoms with Crippen LogP contribution in [0.5, 0.6) is 5.75 Å². The van der Waals surface area contributed by atoms with Crippen molar-refractivity contribution >= 4 is 38.4 Å². The van der Waals surface area contributed by atoms with Crippen molar-refractivity contribution in [2.75, 3.05) is 7.11 Å². The maximum absolute atomic E-state index is 12.4. The lowest BCUT2D eigenvalue weighted by Crippen LogP contribution is -2.30. The highest BCUT2D eigenvalue weighted by Gasteiger charge is 2.19. The van der Waals surface area contributed by atoms with E-state index in [1.807, 2.05) is 45.9 Å². The first kappa shape index (κ1) is 21.2. The fourth-order valence-electron chi connectivity index (χ4n) is 3.41. The fourth-order valence-corrected chi connectivity index (χ4v) is 3.81. The standard InChI is InChI=1S/C24H26BrNO3/c1-6-15(3)26-22(27)10-14(2)19-12-20-21(17-8-7-9-18(25)11-17)13-29-24(20)16(4)23(19)28-5/h7-13,15H,6H2,1-5H3,(H,26,27)/b14-10+. The van der Waals surface area contributed by atoms with Crippen LogP contribution < -0.4 is 10.1 Å². The molecule has 0 aliphatic heterocycles. The molecule has 3 aromatic rings. The van der Waals surface area contributed by atoms with Gasteiger partial charge in [0.05, 0.1) is 13.4 Å². The summed E-state index contributed by atoms with van der Waals surface area (Å²) in [6, 6.07) is 10.3. The number of carbonyl (C=O) groups is 1. The van der Waals surface area contributed by atoms with Crippen LogP contribution in [-0.4, -0.2) is 19.1 Å². The number of aryl methyl sites for hydroxylation is 1. The molecule has 0 saturated carbocycles. The summed E-state index contributed by atoms with van der Waals surface area (Å²) in [5.74, 6) is 0.619. The number of halogens is 1. The maximum atomic E-state index is 12.4. The maximum Gasteiger partial charge on any atom is 0.244 e. The van der Waals surface area contributed by atoms with Gasteiger partial charge in [-0.3, -0.25) is 4.79 Å². The monoisotopic (exact) mass is 455 g/mol. The number of fused-ring (bicyclic) bond motifs is 1. The number of hydrogen-bond acceptors (Lipinski definition) is 3. The lowest BCUT2D eigenvalue weighted by molar-refractivity contribution is -0.117. The van der Waals surface area contributed by atoms with E-state index in [0.29, 0.717) is 0 Å². The van der Waals surface area contributed by atoms with Crippen LogP contribution in [0.25, 0.3) is 27.7 Å². The number of furan rings is 1. The Hall–Kier alpha value is -2.53. The van der Waals surface area contributed by atoms with Crippen molar-refractivity contribution in [1.82, 2.24) is 5.32 Å². The molecule has 1 atom stereocenters. The summed E-state index contributed by atoms with van der Waals surface area (Å²) < 4.78 is 12.6. The van der Waals surface area contributed by atoms with Gasteiger partial charge in [0.15, 0.2) is 0 Å². The molecule has 0 fully saturated rings. The van der Waals surface area contributed by atoms with Crippen LogP contribution in [0, 0.1) is 6.92 Å². The highest BCUT2D eigenvalue weighted by atomic mass is 79.9. The first-order chi connectivity index (χ1) is 13.8. The highest BCUT2D eigenvalue weighted by molar-refractivity contribution is 9.10. The van der Waals surface area contributed by atoms with Gasteiger partial charge in [0.2, 0.25) is 5.91 Å². The molecule has 1 aromatic heterocycles. The summed E-state index contributed by atoms with van der Waals surface area (Å²) >= 11 is 3.54. The molecule has 0 aliphatic carbocycles. The van der Waals surface area contributed by atoms with E-state index in [4.69, 9.17) is 9.15 Å². The van der Waals surface area contributed by atoms with E-state index in [1.54, 1.807) is 19.4 Å². The molecular weight excluding hydrogens is 430 g/mol. The zero-order chi connectivity index (χ0) is 21.1. The Labute approximate surface area is 180 Å². The third-order valence-corrected chi connectivity index (χ3v) is 5.65. The van der Waals surface area contributed by atoms with Gasteiger partial charge in [0.25, 0.3) is 0 Å². The van der Waals surface area contributed by atoms with E-state index in [1.165, 1.54) is 0 Å². The number of allylic oxidation sites excluding steroid dienone is 1. The molecule has 1 unspecified atom stereocenters. The molecule has 29 heavy (non-hydrogen) atoms.